The molecule has 0 fully saturated rings. The van der Waals surface area contributed by atoms with Crippen molar-refractivity contribution in [2.45, 2.75) is 12.7 Å². The van der Waals surface area contributed by atoms with Crippen molar-refractivity contribution in [3.63, 3.8) is 0 Å². The fraction of sp³-hybridized carbons (Fsp3) is 0.200. The van der Waals surface area contributed by atoms with Crippen LogP contribution in [0.15, 0.2) is 60.7 Å². The molecule has 2 aromatic carbocycles. The Balaban J connectivity index is 1.99. The van der Waals surface area contributed by atoms with Crippen LogP contribution >= 0.6 is 9.47 Å². The molecule has 1 atom stereocenters. The summed E-state index contributed by atoms with van der Waals surface area (Å²) in [6.45, 7) is 0.551. The monoisotopic (exact) mass is 276 g/mol. The standard InChI is InChI=1S/C15H17O3P/c19-16-12-11-15(17-13-7-3-1-4-8-13)18-14-9-5-2-6-10-14/h1-10,15H,11-12,19H2. The summed E-state index contributed by atoms with van der Waals surface area (Å²) < 4.78 is 16.6. The molecule has 3 nitrogen and oxygen atoms in total. The molecule has 4 heteroatoms. The van der Waals surface area contributed by atoms with E-state index >= 15 is 0 Å². The Morgan fingerprint density at radius 2 is 1.26 bits per heavy atom. The van der Waals surface area contributed by atoms with Crippen LogP contribution in [0.2, 0.25) is 0 Å². The molecule has 0 saturated carbocycles. The van der Waals surface area contributed by atoms with Crippen molar-refractivity contribution in [2.75, 3.05) is 6.61 Å². The lowest BCUT2D eigenvalue weighted by atomic mass is 10.3. The fourth-order valence-corrected chi connectivity index (χ4v) is 1.74. The van der Waals surface area contributed by atoms with Crippen LogP contribution < -0.4 is 9.47 Å². The molecule has 0 aliphatic rings. The highest BCUT2D eigenvalue weighted by atomic mass is 31.0. The molecule has 0 aliphatic carbocycles. The van der Waals surface area contributed by atoms with Crippen LogP contribution in [-0.4, -0.2) is 12.9 Å². The highest BCUT2D eigenvalue weighted by molar-refractivity contribution is 7.09. The number of para-hydroxylation sites is 2. The molecule has 0 bridgehead atoms. The largest absolute Gasteiger partial charge is 0.455 e. The van der Waals surface area contributed by atoms with Crippen molar-refractivity contribution >= 4 is 9.47 Å². The Morgan fingerprint density at radius 1 is 0.789 bits per heavy atom. The first kappa shape index (κ1) is 13.9. The zero-order valence-corrected chi connectivity index (χ0v) is 11.7. The molecule has 0 aromatic heterocycles. The molecule has 2 aromatic rings. The predicted molar refractivity (Wildman–Crippen MR) is 78.2 cm³/mol. The van der Waals surface area contributed by atoms with Gasteiger partial charge in [-0.15, -0.1) is 0 Å². The van der Waals surface area contributed by atoms with Crippen LogP contribution in [0.3, 0.4) is 0 Å². The average molecular weight is 276 g/mol. The summed E-state index contributed by atoms with van der Waals surface area (Å²) in [5.74, 6) is 1.57. The van der Waals surface area contributed by atoms with Crippen molar-refractivity contribution in [1.29, 1.82) is 0 Å². The highest BCUT2D eigenvalue weighted by Crippen LogP contribution is 2.17. The lowest BCUT2D eigenvalue weighted by Gasteiger charge is -2.20. The topological polar surface area (TPSA) is 27.7 Å². The molecule has 1 unspecified atom stereocenters. The smallest absolute Gasteiger partial charge is 0.243 e. The van der Waals surface area contributed by atoms with Gasteiger partial charge in [0.05, 0.1) is 6.61 Å². The van der Waals surface area contributed by atoms with Crippen molar-refractivity contribution in [3.8, 4) is 11.5 Å². The molecule has 0 aliphatic heterocycles. The number of hydrogen-bond donors (Lipinski definition) is 0. The molecule has 0 heterocycles. The van der Waals surface area contributed by atoms with Crippen molar-refractivity contribution in [1.82, 2.24) is 0 Å². The minimum absolute atomic E-state index is 0.370. The summed E-state index contributed by atoms with van der Waals surface area (Å²) in [7, 11) is 2.23. The van der Waals surface area contributed by atoms with Crippen LogP contribution in [0.5, 0.6) is 11.5 Å². The van der Waals surface area contributed by atoms with Crippen LogP contribution in [0, 0.1) is 0 Å². The minimum atomic E-state index is -0.370. The summed E-state index contributed by atoms with van der Waals surface area (Å²) in [6, 6.07) is 19.2. The SMILES string of the molecule is POCCC(Oc1ccccc1)Oc1ccccc1. The Morgan fingerprint density at radius 3 is 1.68 bits per heavy atom. The zero-order valence-electron chi connectivity index (χ0n) is 10.6. The molecule has 0 N–H and O–H groups in total. The predicted octanol–water partition coefficient (Wildman–Crippen LogP) is 3.67. The molecule has 0 amide bonds. The molecule has 0 radical (unpaired) electrons. The first-order valence-corrected chi connectivity index (χ1v) is 6.61. The second-order valence-corrected chi connectivity index (χ2v) is 4.28. The third-order valence-electron chi connectivity index (χ3n) is 2.49. The molecule has 2 rings (SSSR count). The molecule has 19 heavy (non-hydrogen) atoms. The Hall–Kier alpha value is -1.57. The van der Waals surface area contributed by atoms with Crippen molar-refractivity contribution < 1.29 is 14.0 Å². The second-order valence-electron chi connectivity index (χ2n) is 3.95. The molecule has 0 spiro atoms. The maximum absolute atomic E-state index is 5.81. The summed E-state index contributed by atoms with van der Waals surface area (Å²) in [4.78, 5) is 0. The maximum Gasteiger partial charge on any atom is 0.243 e. The van der Waals surface area contributed by atoms with E-state index in [-0.39, 0.29) is 6.29 Å². The summed E-state index contributed by atoms with van der Waals surface area (Å²) in [5, 5.41) is 0. The van der Waals surface area contributed by atoms with Crippen LogP contribution in [0.25, 0.3) is 0 Å². The lowest BCUT2D eigenvalue weighted by molar-refractivity contribution is -0.00802. The van der Waals surface area contributed by atoms with Gasteiger partial charge in [-0.05, 0) is 24.3 Å². The summed E-state index contributed by atoms with van der Waals surface area (Å²) in [5.41, 5.74) is 0. The van der Waals surface area contributed by atoms with Gasteiger partial charge in [-0.2, -0.15) is 0 Å². The van der Waals surface area contributed by atoms with Crippen molar-refractivity contribution in [3.05, 3.63) is 60.7 Å². The maximum atomic E-state index is 5.81. The van der Waals surface area contributed by atoms with Gasteiger partial charge in [0.25, 0.3) is 0 Å². The van der Waals surface area contributed by atoms with Gasteiger partial charge in [-0.3, -0.25) is 0 Å². The highest BCUT2D eigenvalue weighted by Gasteiger charge is 2.12. The number of benzene rings is 2. The van der Waals surface area contributed by atoms with Gasteiger partial charge in [-0.1, -0.05) is 36.4 Å². The Labute approximate surface area is 115 Å². The van der Waals surface area contributed by atoms with Crippen LogP contribution in [0.1, 0.15) is 6.42 Å². The van der Waals surface area contributed by atoms with Gasteiger partial charge in [-0.25, -0.2) is 0 Å². The summed E-state index contributed by atoms with van der Waals surface area (Å²) in [6.07, 6.45) is 0.276. The fourth-order valence-electron chi connectivity index (χ4n) is 1.61. The first-order chi connectivity index (χ1) is 9.38. The van der Waals surface area contributed by atoms with Gasteiger partial charge in [0.15, 0.2) is 0 Å². The van der Waals surface area contributed by atoms with E-state index in [1.807, 2.05) is 60.7 Å². The van der Waals surface area contributed by atoms with Crippen molar-refractivity contribution in [2.24, 2.45) is 0 Å². The first-order valence-electron chi connectivity index (χ1n) is 6.13. The number of ether oxygens (including phenoxy) is 2. The number of hydrogen-bond acceptors (Lipinski definition) is 3. The van der Waals surface area contributed by atoms with Crippen LogP contribution in [0.4, 0.5) is 0 Å². The Kier molecular flexibility index (Phi) is 5.67. The number of rotatable bonds is 7. The second kappa shape index (κ2) is 7.78. The van der Waals surface area contributed by atoms with E-state index in [0.29, 0.717) is 13.0 Å². The average Bonchev–Trinajstić information content (AvgIpc) is 2.47. The lowest BCUT2D eigenvalue weighted by Crippen LogP contribution is -2.25. The van der Waals surface area contributed by atoms with E-state index in [9.17, 15) is 0 Å². The molecular formula is C15H17O3P. The zero-order chi connectivity index (χ0) is 13.3. The minimum Gasteiger partial charge on any atom is -0.455 e. The van der Waals surface area contributed by atoms with Gasteiger partial charge in [0.2, 0.25) is 6.29 Å². The quantitative estimate of drug-likeness (QED) is 0.570. The Bertz CT molecular complexity index is 420. The molecular weight excluding hydrogens is 259 g/mol. The van der Waals surface area contributed by atoms with E-state index < -0.39 is 0 Å². The van der Waals surface area contributed by atoms with E-state index in [4.69, 9.17) is 14.0 Å². The van der Waals surface area contributed by atoms with E-state index in [1.54, 1.807) is 0 Å². The van der Waals surface area contributed by atoms with E-state index in [2.05, 4.69) is 9.47 Å². The third kappa shape index (κ3) is 4.90. The van der Waals surface area contributed by atoms with Gasteiger partial charge in [0, 0.05) is 15.9 Å². The van der Waals surface area contributed by atoms with E-state index in [0.717, 1.165) is 11.5 Å². The van der Waals surface area contributed by atoms with Gasteiger partial charge in [0.1, 0.15) is 11.5 Å². The molecule has 100 valence electrons. The van der Waals surface area contributed by atoms with Crippen LogP contribution in [-0.2, 0) is 4.52 Å². The third-order valence-corrected chi connectivity index (χ3v) is 2.73. The van der Waals surface area contributed by atoms with Gasteiger partial charge >= 0.3 is 0 Å². The molecule has 0 saturated heterocycles. The summed E-state index contributed by atoms with van der Waals surface area (Å²) >= 11 is 0. The normalized spacial score (nSPS) is 10.4. The van der Waals surface area contributed by atoms with Gasteiger partial charge < -0.3 is 14.0 Å². The van der Waals surface area contributed by atoms with E-state index in [1.165, 1.54) is 0 Å².